The van der Waals surface area contributed by atoms with Crippen LogP contribution in [0.3, 0.4) is 0 Å². The number of rotatable bonds is 2. The largest absolute Gasteiger partial charge is 0.456 e. The fourth-order valence-corrected chi connectivity index (χ4v) is 8.86. The van der Waals surface area contributed by atoms with Gasteiger partial charge in [0.25, 0.3) is 0 Å². The predicted octanol–water partition coefficient (Wildman–Crippen LogP) is 13.4. The van der Waals surface area contributed by atoms with Gasteiger partial charge in [0.05, 0.1) is 0 Å². The van der Waals surface area contributed by atoms with Crippen LogP contribution in [-0.2, 0) is 0 Å². The molecule has 8 aromatic carbocycles. The maximum absolute atomic E-state index is 6.49. The first-order valence-electron chi connectivity index (χ1n) is 15.9. The second kappa shape index (κ2) is 9.32. The third kappa shape index (κ3) is 3.60. The maximum Gasteiger partial charge on any atom is 0.143 e. The van der Waals surface area contributed by atoms with Crippen molar-refractivity contribution in [2.24, 2.45) is 0 Å². The lowest BCUT2D eigenvalue weighted by atomic mass is 9.90. The molecular formula is C44H24O2S. The van der Waals surface area contributed by atoms with Crippen LogP contribution < -0.4 is 4.74 Å². The minimum absolute atomic E-state index is 0.910. The van der Waals surface area contributed by atoms with E-state index < -0.39 is 0 Å². The Labute approximate surface area is 273 Å². The molecule has 0 unspecified atom stereocenters. The van der Waals surface area contributed by atoms with E-state index in [1.54, 1.807) is 0 Å². The summed E-state index contributed by atoms with van der Waals surface area (Å²) in [5.74, 6) is 1.83. The third-order valence-corrected chi connectivity index (χ3v) is 11.0. The first-order valence-corrected chi connectivity index (χ1v) is 16.7. The van der Waals surface area contributed by atoms with Gasteiger partial charge in [0, 0.05) is 47.3 Å². The van der Waals surface area contributed by atoms with Crippen LogP contribution in [0.15, 0.2) is 150 Å². The smallest absolute Gasteiger partial charge is 0.143 e. The molecule has 0 aliphatic carbocycles. The molecule has 0 radical (unpaired) electrons. The van der Waals surface area contributed by atoms with Crippen molar-refractivity contribution in [3.63, 3.8) is 0 Å². The summed E-state index contributed by atoms with van der Waals surface area (Å²) in [6.07, 6.45) is 0. The van der Waals surface area contributed by atoms with Gasteiger partial charge in [-0.15, -0.1) is 11.3 Å². The van der Waals surface area contributed by atoms with Crippen LogP contribution in [0.5, 0.6) is 11.5 Å². The topological polar surface area (TPSA) is 22.4 Å². The Morgan fingerprint density at radius 3 is 2.06 bits per heavy atom. The second-order valence-corrected chi connectivity index (χ2v) is 13.5. The van der Waals surface area contributed by atoms with Crippen LogP contribution in [0.25, 0.3) is 97.0 Å². The Bertz CT molecular complexity index is 2940. The van der Waals surface area contributed by atoms with E-state index in [0.717, 1.165) is 39.0 Å². The number of ether oxygens (including phenoxy) is 1. The average molecular weight is 617 g/mol. The summed E-state index contributed by atoms with van der Waals surface area (Å²) in [4.78, 5) is 0. The van der Waals surface area contributed by atoms with Crippen molar-refractivity contribution in [3.8, 4) is 44.9 Å². The fourth-order valence-electron chi connectivity index (χ4n) is 7.67. The molecule has 0 N–H and O–H groups in total. The van der Waals surface area contributed by atoms with Crippen molar-refractivity contribution in [2.45, 2.75) is 0 Å². The molecule has 0 spiro atoms. The monoisotopic (exact) mass is 616 g/mol. The molecule has 0 saturated heterocycles. The number of fused-ring (bicyclic) bond motifs is 10. The van der Waals surface area contributed by atoms with Crippen LogP contribution in [0, 0.1) is 0 Å². The van der Waals surface area contributed by atoms with E-state index in [1.165, 1.54) is 69.5 Å². The standard InChI is InChI=1S/C44H24O2S/c1-2-9-31-25(7-1)15-20-35-43-30(11-6-14-39(43)46-44(31)35)27-17-19-34-33-18-16-26(23-40(33)47-41(34)24-27)29-21-28-8-5-13-38-42(28)36(22-29)32-10-3-4-12-37(32)45-38/h1-24H. The summed E-state index contributed by atoms with van der Waals surface area (Å²) in [5.41, 5.74) is 9.08. The van der Waals surface area contributed by atoms with Crippen molar-refractivity contribution in [2.75, 3.05) is 0 Å². The molecule has 10 aromatic rings. The summed E-state index contributed by atoms with van der Waals surface area (Å²) < 4.78 is 15.3. The molecule has 1 aliphatic rings. The van der Waals surface area contributed by atoms with E-state index in [-0.39, 0.29) is 0 Å². The van der Waals surface area contributed by atoms with Crippen molar-refractivity contribution < 1.29 is 9.15 Å². The SMILES string of the molecule is c1ccc2c(c1)Oc1cccc3cc(-c4ccc5c(c4)sc4cc(-c6cccc7oc8c9ccccc9ccc8c67)ccc45)cc-2c13. The predicted molar refractivity (Wildman–Crippen MR) is 198 cm³/mol. The first-order chi connectivity index (χ1) is 23.3. The molecular weight excluding hydrogens is 593 g/mol. The van der Waals surface area contributed by atoms with Gasteiger partial charge in [-0.1, -0.05) is 97.1 Å². The molecule has 11 rings (SSSR count). The van der Waals surface area contributed by atoms with Crippen molar-refractivity contribution >= 4 is 75.0 Å². The number of para-hydroxylation sites is 1. The van der Waals surface area contributed by atoms with E-state index in [2.05, 4.69) is 140 Å². The van der Waals surface area contributed by atoms with Gasteiger partial charge in [0.1, 0.15) is 22.7 Å². The molecule has 0 fully saturated rings. The number of hydrogen-bond donors (Lipinski definition) is 0. The number of benzene rings is 8. The first kappa shape index (κ1) is 25.3. The molecule has 1 aliphatic heterocycles. The Kier molecular flexibility index (Phi) is 5.02. The highest BCUT2D eigenvalue weighted by molar-refractivity contribution is 7.25. The van der Waals surface area contributed by atoms with Crippen LogP contribution in [0.4, 0.5) is 0 Å². The van der Waals surface area contributed by atoms with Crippen LogP contribution >= 0.6 is 11.3 Å². The van der Waals surface area contributed by atoms with Crippen molar-refractivity contribution in [3.05, 3.63) is 146 Å². The molecule has 0 atom stereocenters. The van der Waals surface area contributed by atoms with E-state index >= 15 is 0 Å². The van der Waals surface area contributed by atoms with Gasteiger partial charge in [-0.25, -0.2) is 0 Å². The Hall–Kier alpha value is -5.90. The van der Waals surface area contributed by atoms with E-state index in [4.69, 9.17) is 9.15 Å². The summed E-state index contributed by atoms with van der Waals surface area (Å²) in [6, 6.07) is 52.4. The van der Waals surface area contributed by atoms with Gasteiger partial charge >= 0.3 is 0 Å². The average Bonchev–Trinajstić information content (AvgIpc) is 3.69. The number of thiophene rings is 1. The molecule has 0 bridgehead atoms. The minimum atomic E-state index is 0.910. The summed E-state index contributed by atoms with van der Waals surface area (Å²) in [6.45, 7) is 0. The normalized spacial score (nSPS) is 12.4. The molecule has 47 heavy (non-hydrogen) atoms. The number of furan rings is 1. The second-order valence-electron chi connectivity index (χ2n) is 12.4. The zero-order valence-corrected chi connectivity index (χ0v) is 25.9. The molecule has 3 heterocycles. The lowest BCUT2D eigenvalue weighted by Gasteiger charge is -2.22. The Morgan fingerprint density at radius 1 is 0.404 bits per heavy atom. The van der Waals surface area contributed by atoms with E-state index in [1.807, 2.05) is 17.4 Å². The highest BCUT2D eigenvalue weighted by Gasteiger charge is 2.21. The summed E-state index contributed by atoms with van der Waals surface area (Å²) in [5, 5.41) is 9.63. The molecule has 2 nitrogen and oxygen atoms in total. The van der Waals surface area contributed by atoms with Crippen LogP contribution in [0.1, 0.15) is 0 Å². The van der Waals surface area contributed by atoms with Crippen molar-refractivity contribution in [1.82, 2.24) is 0 Å². The van der Waals surface area contributed by atoms with E-state index in [9.17, 15) is 0 Å². The van der Waals surface area contributed by atoms with Crippen LogP contribution in [0.2, 0.25) is 0 Å². The Morgan fingerprint density at radius 2 is 1.13 bits per heavy atom. The van der Waals surface area contributed by atoms with Crippen molar-refractivity contribution in [1.29, 1.82) is 0 Å². The van der Waals surface area contributed by atoms with Gasteiger partial charge in [0.2, 0.25) is 0 Å². The fraction of sp³-hybridized carbons (Fsp3) is 0. The maximum atomic E-state index is 6.49. The molecule has 218 valence electrons. The van der Waals surface area contributed by atoms with E-state index in [0.29, 0.717) is 0 Å². The molecule has 3 heteroatoms. The molecule has 2 aromatic heterocycles. The lowest BCUT2D eigenvalue weighted by molar-refractivity contribution is 0.487. The molecule has 0 amide bonds. The third-order valence-electron chi connectivity index (χ3n) is 9.84. The Balaban J connectivity index is 1.06. The highest BCUT2D eigenvalue weighted by Crippen LogP contribution is 2.48. The lowest BCUT2D eigenvalue weighted by Crippen LogP contribution is -1.97. The van der Waals surface area contributed by atoms with Gasteiger partial charge in [-0.3, -0.25) is 0 Å². The highest BCUT2D eigenvalue weighted by atomic mass is 32.1. The minimum Gasteiger partial charge on any atom is -0.456 e. The van der Waals surface area contributed by atoms with Gasteiger partial charge in [-0.2, -0.15) is 0 Å². The molecule has 0 saturated carbocycles. The van der Waals surface area contributed by atoms with Gasteiger partial charge in [0.15, 0.2) is 0 Å². The van der Waals surface area contributed by atoms with Gasteiger partial charge < -0.3 is 9.15 Å². The zero-order chi connectivity index (χ0) is 30.6. The zero-order valence-electron chi connectivity index (χ0n) is 25.1. The van der Waals surface area contributed by atoms with Gasteiger partial charge in [-0.05, 0) is 87.1 Å². The quantitative estimate of drug-likeness (QED) is 0.193. The van der Waals surface area contributed by atoms with Crippen LogP contribution in [-0.4, -0.2) is 0 Å². The summed E-state index contributed by atoms with van der Waals surface area (Å²) in [7, 11) is 0. The summed E-state index contributed by atoms with van der Waals surface area (Å²) >= 11 is 1.86. The number of hydrogen-bond acceptors (Lipinski definition) is 3.